The van der Waals surface area contributed by atoms with Gasteiger partial charge in [0.1, 0.15) is 5.75 Å². The van der Waals surface area contributed by atoms with Gasteiger partial charge in [0.05, 0.1) is 4.92 Å². The molecule has 0 spiro atoms. The summed E-state index contributed by atoms with van der Waals surface area (Å²) < 4.78 is 18.6. The molecule has 0 radical (unpaired) electrons. The first-order chi connectivity index (χ1) is 10.0. The van der Waals surface area contributed by atoms with E-state index >= 15 is 0 Å². The van der Waals surface area contributed by atoms with E-state index in [1.165, 1.54) is 6.07 Å². The smallest absolute Gasteiger partial charge is 0.305 e. The van der Waals surface area contributed by atoms with Crippen molar-refractivity contribution in [2.75, 3.05) is 19.7 Å². The molecule has 1 fully saturated rings. The second-order valence-electron chi connectivity index (χ2n) is 4.78. The fraction of sp³-hybridized carbons (Fsp3) is 0.462. The largest absolute Gasteiger partial charge is 0.484 e. The zero-order valence-corrected chi connectivity index (χ0v) is 11.3. The molecule has 1 unspecified atom stereocenters. The number of hydrogen-bond donors (Lipinski definition) is 1. The Morgan fingerprint density at radius 2 is 2.33 bits per heavy atom. The SMILES string of the molecule is NCC1CCCN1C(=O)COc1ccc([N+](=O)[O-])c(F)c1. The first-order valence-corrected chi connectivity index (χ1v) is 6.59. The van der Waals surface area contributed by atoms with Gasteiger partial charge in [-0.15, -0.1) is 0 Å². The molecule has 0 saturated carbocycles. The molecule has 1 aliphatic heterocycles. The van der Waals surface area contributed by atoms with E-state index in [-0.39, 0.29) is 24.3 Å². The first kappa shape index (κ1) is 15.2. The van der Waals surface area contributed by atoms with E-state index in [1.807, 2.05) is 0 Å². The predicted molar refractivity (Wildman–Crippen MR) is 72.3 cm³/mol. The third-order valence-corrected chi connectivity index (χ3v) is 3.45. The maximum Gasteiger partial charge on any atom is 0.305 e. The third kappa shape index (κ3) is 3.46. The minimum Gasteiger partial charge on any atom is -0.484 e. The number of hydrogen-bond acceptors (Lipinski definition) is 5. The molecule has 114 valence electrons. The first-order valence-electron chi connectivity index (χ1n) is 6.59. The van der Waals surface area contributed by atoms with Crippen molar-refractivity contribution >= 4 is 11.6 Å². The summed E-state index contributed by atoms with van der Waals surface area (Å²) in [6, 6.07) is 3.19. The van der Waals surface area contributed by atoms with E-state index in [4.69, 9.17) is 10.5 Å². The van der Waals surface area contributed by atoms with Gasteiger partial charge < -0.3 is 15.4 Å². The number of nitro benzene ring substituents is 1. The summed E-state index contributed by atoms with van der Waals surface area (Å²) in [7, 11) is 0. The van der Waals surface area contributed by atoms with Gasteiger partial charge in [0.25, 0.3) is 5.91 Å². The van der Waals surface area contributed by atoms with Crippen LogP contribution in [0.25, 0.3) is 0 Å². The van der Waals surface area contributed by atoms with Crippen molar-refractivity contribution in [2.45, 2.75) is 18.9 Å². The number of nitro groups is 1. The molecular formula is C13H16FN3O4. The van der Waals surface area contributed by atoms with Crippen LogP contribution in [-0.2, 0) is 4.79 Å². The molecule has 1 amide bonds. The molecule has 7 nitrogen and oxygen atoms in total. The van der Waals surface area contributed by atoms with E-state index in [9.17, 15) is 19.3 Å². The van der Waals surface area contributed by atoms with Gasteiger partial charge in [0, 0.05) is 31.3 Å². The minimum absolute atomic E-state index is 0.0229. The minimum atomic E-state index is -0.994. The molecule has 21 heavy (non-hydrogen) atoms. The van der Waals surface area contributed by atoms with E-state index < -0.39 is 16.4 Å². The van der Waals surface area contributed by atoms with Gasteiger partial charge in [-0.2, -0.15) is 4.39 Å². The summed E-state index contributed by atoms with van der Waals surface area (Å²) in [5.74, 6) is -1.14. The molecule has 2 rings (SSSR count). The Hall–Kier alpha value is -2.22. The number of nitrogens with two attached hydrogens (primary N) is 1. The van der Waals surface area contributed by atoms with Gasteiger partial charge in [-0.05, 0) is 18.9 Å². The Bertz CT molecular complexity index is 552. The topological polar surface area (TPSA) is 98.7 Å². The molecule has 1 atom stereocenters. The van der Waals surface area contributed by atoms with Gasteiger partial charge in [-0.3, -0.25) is 14.9 Å². The summed E-state index contributed by atoms with van der Waals surface area (Å²) in [5.41, 5.74) is 4.96. The lowest BCUT2D eigenvalue weighted by Gasteiger charge is -2.23. The van der Waals surface area contributed by atoms with E-state index in [0.29, 0.717) is 13.1 Å². The quantitative estimate of drug-likeness (QED) is 0.647. The van der Waals surface area contributed by atoms with Crippen LogP contribution >= 0.6 is 0 Å². The maximum atomic E-state index is 13.4. The van der Waals surface area contributed by atoms with Crippen LogP contribution in [0.3, 0.4) is 0 Å². The summed E-state index contributed by atoms with van der Waals surface area (Å²) in [6.45, 7) is 0.796. The molecule has 0 aromatic heterocycles. The molecule has 8 heteroatoms. The molecular weight excluding hydrogens is 281 g/mol. The van der Waals surface area contributed by atoms with E-state index in [1.54, 1.807) is 4.90 Å². The monoisotopic (exact) mass is 297 g/mol. The van der Waals surface area contributed by atoms with E-state index in [0.717, 1.165) is 25.0 Å². The number of carbonyl (C=O) groups excluding carboxylic acids is 1. The average Bonchev–Trinajstić information content (AvgIpc) is 2.92. The highest BCUT2D eigenvalue weighted by Crippen LogP contribution is 2.22. The van der Waals surface area contributed by atoms with Crippen molar-refractivity contribution in [3.05, 3.63) is 34.1 Å². The van der Waals surface area contributed by atoms with Crippen LogP contribution in [0.2, 0.25) is 0 Å². The normalized spacial score (nSPS) is 17.8. The maximum absolute atomic E-state index is 13.4. The molecule has 1 aromatic carbocycles. The summed E-state index contributed by atoms with van der Waals surface area (Å²) in [6.07, 6.45) is 1.77. The van der Waals surface area contributed by atoms with Crippen molar-refractivity contribution in [2.24, 2.45) is 5.73 Å². The molecule has 0 bridgehead atoms. The third-order valence-electron chi connectivity index (χ3n) is 3.45. The zero-order chi connectivity index (χ0) is 15.4. The van der Waals surface area contributed by atoms with Crippen molar-refractivity contribution in [1.82, 2.24) is 4.90 Å². The molecule has 1 saturated heterocycles. The predicted octanol–water partition coefficient (Wildman–Crippen LogP) is 1.06. The molecule has 1 aliphatic rings. The van der Waals surface area contributed by atoms with Crippen molar-refractivity contribution in [3.63, 3.8) is 0 Å². The number of amides is 1. The molecule has 0 aliphatic carbocycles. The number of halogens is 1. The lowest BCUT2D eigenvalue weighted by Crippen LogP contribution is -2.42. The van der Waals surface area contributed by atoms with Crippen molar-refractivity contribution in [1.29, 1.82) is 0 Å². The lowest BCUT2D eigenvalue weighted by atomic mass is 10.2. The fourth-order valence-electron chi connectivity index (χ4n) is 2.36. The lowest BCUT2D eigenvalue weighted by molar-refractivity contribution is -0.387. The summed E-state index contributed by atoms with van der Waals surface area (Å²) in [4.78, 5) is 23.3. The second kappa shape index (κ2) is 6.49. The standard InChI is InChI=1S/C13H16FN3O4/c14-11-6-10(3-4-12(11)17(19)20)21-8-13(18)16-5-1-2-9(16)7-15/h3-4,6,9H,1-2,5,7-8,15H2. The highest BCUT2D eigenvalue weighted by molar-refractivity contribution is 5.78. The van der Waals surface area contributed by atoms with Crippen LogP contribution in [0.4, 0.5) is 10.1 Å². The van der Waals surface area contributed by atoms with Crippen LogP contribution in [0.5, 0.6) is 5.75 Å². The Morgan fingerprint density at radius 3 is 2.95 bits per heavy atom. The van der Waals surface area contributed by atoms with Crippen LogP contribution in [0, 0.1) is 15.9 Å². The number of likely N-dealkylation sites (tertiary alicyclic amines) is 1. The highest BCUT2D eigenvalue weighted by Gasteiger charge is 2.27. The van der Waals surface area contributed by atoms with Crippen LogP contribution in [0.1, 0.15) is 12.8 Å². The van der Waals surface area contributed by atoms with Crippen molar-refractivity contribution in [3.8, 4) is 5.75 Å². The number of carbonyl (C=O) groups is 1. The fourth-order valence-corrected chi connectivity index (χ4v) is 2.36. The summed E-state index contributed by atoms with van der Waals surface area (Å²) in [5, 5.41) is 10.5. The Labute approximate surface area is 120 Å². The molecule has 2 N–H and O–H groups in total. The Morgan fingerprint density at radius 1 is 1.57 bits per heavy atom. The van der Waals surface area contributed by atoms with Crippen LogP contribution in [0.15, 0.2) is 18.2 Å². The number of benzene rings is 1. The number of rotatable bonds is 5. The van der Waals surface area contributed by atoms with Crippen molar-refractivity contribution < 1.29 is 18.8 Å². The van der Waals surface area contributed by atoms with Gasteiger partial charge in [0.2, 0.25) is 5.82 Å². The molecule has 1 heterocycles. The summed E-state index contributed by atoms with van der Waals surface area (Å²) >= 11 is 0. The number of nitrogens with zero attached hydrogens (tertiary/aromatic N) is 2. The van der Waals surface area contributed by atoms with Gasteiger partial charge in [-0.1, -0.05) is 0 Å². The number of ether oxygens (including phenoxy) is 1. The Balaban J connectivity index is 1.95. The van der Waals surface area contributed by atoms with Crippen LogP contribution < -0.4 is 10.5 Å². The Kier molecular flexibility index (Phi) is 4.69. The zero-order valence-electron chi connectivity index (χ0n) is 11.3. The van der Waals surface area contributed by atoms with Gasteiger partial charge in [-0.25, -0.2) is 0 Å². The average molecular weight is 297 g/mol. The van der Waals surface area contributed by atoms with Gasteiger partial charge in [0.15, 0.2) is 6.61 Å². The van der Waals surface area contributed by atoms with Crippen LogP contribution in [-0.4, -0.2) is 41.5 Å². The van der Waals surface area contributed by atoms with Gasteiger partial charge >= 0.3 is 5.69 Å². The molecule has 1 aromatic rings. The van der Waals surface area contributed by atoms with E-state index in [2.05, 4.69) is 0 Å². The highest BCUT2D eigenvalue weighted by atomic mass is 19.1. The second-order valence-corrected chi connectivity index (χ2v) is 4.78.